The van der Waals surface area contributed by atoms with Crippen molar-refractivity contribution < 1.29 is 14.2 Å². The second kappa shape index (κ2) is 11.3. The number of aromatic nitrogens is 2. The Morgan fingerprint density at radius 3 is 2.33 bits per heavy atom. The van der Waals surface area contributed by atoms with Crippen molar-refractivity contribution >= 4 is 29.9 Å². The topological polar surface area (TPSA) is 73.1 Å². The van der Waals surface area contributed by atoms with E-state index in [0.29, 0.717) is 6.54 Å². The van der Waals surface area contributed by atoms with Gasteiger partial charge in [0, 0.05) is 26.3 Å². The number of rotatable bonds is 6. The van der Waals surface area contributed by atoms with Gasteiger partial charge in [-0.1, -0.05) is 0 Å². The van der Waals surface area contributed by atoms with Crippen LogP contribution in [0.5, 0.6) is 17.2 Å². The van der Waals surface area contributed by atoms with E-state index in [9.17, 15) is 0 Å². The maximum absolute atomic E-state index is 5.47. The van der Waals surface area contributed by atoms with Crippen LogP contribution in [0.25, 0.3) is 5.69 Å². The lowest BCUT2D eigenvalue weighted by Crippen LogP contribution is -2.43. The van der Waals surface area contributed by atoms with E-state index >= 15 is 0 Å². The van der Waals surface area contributed by atoms with E-state index in [2.05, 4.69) is 32.4 Å². The van der Waals surface area contributed by atoms with E-state index in [0.717, 1.165) is 54.1 Å². The molecule has 1 aromatic heterocycles. The number of nitrogens with one attached hydrogen (secondary N) is 1. The Morgan fingerprint density at radius 2 is 1.70 bits per heavy atom. The zero-order valence-electron chi connectivity index (χ0n) is 19.4. The number of fused-ring (bicyclic) bond motifs is 1. The highest BCUT2D eigenvalue weighted by atomic mass is 127. The lowest BCUT2D eigenvalue weighted by molar-refractivity contribution is 0.346. The van der Waals surface area contributed by atoms with Gasteiger partial charge in [-0.3, -0.25) is 4.99 Å². The number of hydrogen-bond donors (Lipinski definition) is 1. The summed E-state index contributed by atoms with van der Waals surface area (Å²) in [6.45, 7) is 2.23. The highest BCUT2D eigenvalue weighted by molar-refractivity contribution is 14.0. The summed E-state index contributed by atoms with van der Waals surface area (Å²) in [4.78, 5) is 6.73. The monoisotopic (exact) mass is 563 g/mol. The fourth-order valence-corrected chi connectivity index (χ4v) is 3.90. The van der Waals surface area contributed by atoms with Gasteiger partial charge in [0.05, 0.1) is 39.3 Å². The van der Waals surface area contributed by atoms with Crippen molar-refractivity contribution in [3.8, 4) is 22.9 Å². The molecule has 0 atom stereocenters. The Hall–Kier alpha value is -2.95. The van der Waals surface area contributed by atoms with E-state index in [1.165, 1.54) is 11.1 Å². The fourth-order valence-electron chi connectivity index (χ4n) is 3.90. The molecule has 9 heteroatoms. The molecule has 2 aromatic carbocycles. The molecule has 1 aliphatic heterocycles. The minimum absolute atomic E-state index is 0. The second-order valence-corrected chi connectivity index (χ2v) is 7.50. The first-order valence-electron chi connectivity index (χ1n) is 10.5. The van der Waals surface area contributed by atoms with Gasteiger partial charge in [0.2, 0.25) is 0 Å². The fraction of sp³-hybridized carbons (Fsp3) is 0.333. The number of hydrogen-bond acceptors (Lipinski definition) is 5. The molecule has 4 rings (SSSR count). The molecule has 0 amide bonds. The number of guanidine groups is 1. The average Bonchev–Trinajstić information content (AvgIpc) is 3.32. The Labute approximate surface area is 211 Å². The summed E-state index contributed by atoms with van der Waals surface area (Å²) in [5, 5.41) is 8.12. The van der Waals surface area contributed by atoms with Crippen LogP contribution in [0.3, 0.4) is 0 Å². The van der Waals surface area contributed by atoms with E-state index in [1.807, 2.05) is 48.3 Å². The van der Waals surface area contributed by atoms with Crippen LogP contribution < -0.4 is 19.5 Å². The maximum Gasteiger partial charge on any atom is 0.194 e. The summed E-state index contributed by atoms with van der Waals surface area (Å²) in [6.07, 6.45) is 2.88. The van der Waals surface area contributed by atoms with E-state index in [4.69, 9.17) is 14.2 Å². The average molecular weight is 563 g/mol. The van der Waals surface area contributed by atoms with Gasteiger partial charge in [-0.15, -0.1) is 24.0 Å². The van der Waals surface area contributed by atoms with Crippen molar-refractivity contribution in [1.82, 2.24) is 20.0 Å². The Morgan fingerprint density at radius 1 is 1.00 bits per heavy atom. The summed E-state index contributed by atoms with van der Waals surface area (Å²) in [5.74, 6) is 3.20. The quantitative estimate of drug-likeness (QED) is 0.281. The number of ether oxygens (including phenoxy) is 3. The van der Waals surface area contributed by atoms with Crippen LogP contribution in [0.15, 0.2) is 53.7 Å². The lowest BCUT2D eigenvalue weighted by Gasteiger charge is -2.32. The molecule has 0 bridgehead atoms. The standard InChI is InChI=1S/C24H29N5O3.HI/c1-25-24(28-11-9-17-13-22(31-3)23(32-4)14-18(17)16-28)26-15-19-10-12-29(27-19)20-5-7-21(30-2)8-6-20;/h5-8,10,12-14H,9,11,15-16H2,1-4H3,(H,25,26);1H. The Kier molecular flexibility index (Phi) is 8.43. The lowest BCUT2D eigenvalue weighted by atomic mass is 9.99. The summed E-state index contributed by atoms with van der Waals surface area (Å²) in [7, 11) is 6.80. The third-order valence-corrected chi connectivity index (χ3v) is 5.64. The SMILES string of the molecule is CN=C(NCc1ccn(-c2ccc(OC)cc2)n1)N1CCc2cc(OC)c(OC)cc2C1.I. The highest BCUT2D eigenvalue weighted by Crippen LogP contribution is 2.33. The van der Waals surface area contributed by atoms with Crippen LogP contribution in [0.2, 0.25) is 0 Å². The molecule has 8 nitrogen and oxygen atoms in total. The first-order valence-corrected chi connectivity index (χ1v) is 10.5. The maximum atomic E-state index is 5.47. The number of halogens is 1. The third kappa shape index (κ3) is 5.52. The molecular weight excluding hydrogens is 533 g/mol. The molecule has 0 spiro atoms. The Bertz CT molecular complexity index is 1100. The van der Waals surface area contributed by atoms with E-state index in [1.54, 1.807) is 21.3 Å². The molecule has 1 aliphatic rings. The van der Waals surface area contributed by atoms with Gasteiger partial charge in [0.15, 0.2) is 17.5 Å². The summed E-state index contributed by atoms with van der Waals surface area (Å²) >= 11 is 0. The van der Waals surface area contributed by atoms with Crippen molar-refractivity contribution in [3.63, 3.8) is 0 Å². The molecular formula is C24H30IN5O3. The number of benzene rings is 2. The predicted octanol–water partition coefficient (Wildman–Crippen LogP) is 3.65. The number of methoxy groups -OCH3 is 3. The molecule has 1 N–H and O–H groups in total. The van der Waals surface area contributed by atoms with Crippen molar-refractivity contribution in [3.05, 3.63) is 65.5 Å². The van der Waals surface area contributed by atoms with Crippen LogP contribution >= 0.6 is 24.0 Å². The molecule has 0 saturated carbocycles. The molecule has 0 fully saturated rings. The minimum Gasteiger partial charge on any atom is -0.497 e. The molecule has 0 radical (unpaired) electrons. The largest absolute Gasteiger partial charge is 0.497 e. The first kappa shape index (κ1) is 24.7. The molecule has 0 saturated heterocycles. The number of aliphatic imine (C=N–C) groups is 1. The van der Waals surface area contributed by atoms with Gasteiger partial charge in [-0.05, 0) is 60.0 Å². The molecule has 33 heavy (non-hydrogen) atoms. The van der Waals surface area contributed by atoms with Crippen molar-refractivity contribution in [2.45, 2.75) is 19.5 Å². The van der Waals surface area contributed by atoms with Gasteiger partial charge < -0.3 is 24.4 Å². The van der Waals surface area contributed by atoms with Crippen LogP contribution in [0.4, 0.5) is 0 Å². The predicted molar refractivity (Wildman–Crippen MR) is 139 cm³/mol. The smallest absolute Gasteiger partial charge is 0.194 e. The van der Waals surface area contributed by atoms with Gasteiger partial charge >= 0.3 is 0 Å². The Balaban J connectivity index is 0.00000306. The van der Waals surface area contributed by atoms with E-state index < -0.39 is 0 Å². The minimum atomic E-state index is 0. The third-order valence-electron chi connectivity index (χ3n) is 5.64. The zero-order valence-corrected chi connectivity index (χ0v) is 21.7. The summed E-state index contributed by atoms with van der Waals surface area (Å²) < 4.78 is 18.0. The molecule has 2 heterocycles. The van der Waals surface area contributed by atoms with Crippen LogP contribution in [0, 0.1) is 0 Å². The molecule has 176 valence electrons. The van der Waals surface area contributed by atoms with Gasteiger partial charge in [-0.25, -0.2) is 4.68 Å². The van der Waals surface area contributed by atoms with Crippen molar-refractivity contribution in [2.24, 2.45) is 4.99 Å². The molecule has 0 unspecified atom stereocenters. The van der Waals surface area contributed by atoms with Crippen LogP contribution in [-0.2, 0) is 19.5 Å². The summed E-state index contributed by atoms with van der Waals surface area (Å²) in [6, 6.07) is 14.0. The van der Waals surface area contributed by atoms with Crippen LogP contribution in [-0.4, -0.2) is 55.6 Å². The van der Waals surface area contributed by atoms with Gasteiger partial charge in [-0.2, -0.15) is 5.10 Å². The van der Waals surface area contributed by atoms with Gasteiger partial charge in [0.25, 0.3) is 0 Å². The van der Waals surface area contributed by atoms with E-state index in [-0.39, 0.29) is 24.0 Å². The van der Waals surface area contributed by atoms with Crippen molar-refractivity contribution in [2.75, 3.05) is 34.9 Å². The van der Waals surface area contributed by atoms with Gasteiger partial charge in [0.1, 0.15) is 5.75 Å². The van der Waals surface area contributed by atoms with Crippen molar-refractivity contribution in [1.29, 1.82) is 0 Å². The molecule has 0 aliphatic carbocycles. The second-order valence-electron chi connectivity index (χ2n) is 7.50. The normalized spacial score (nSPS) is 13.1. The summed E-state index contributed by atoms with van der Waals surface area (Å²) in [5.41, 5.74) is 4.43. The highest BCUT2D eigenvalue weighted by Gasteiger charge is 2.21. The first-order chi connectivity index (χ1) is 15.6. The van der Waals surface area contributed by atoms with Crippen LogP contribution in [0.1, 0.15) is 16.8 Å². The number of nitrogens with zero attached hydrogens (tertiary/aromatic N) is 4. The zero-order chi connectivity index (χ0) is 22.5. The molecule has 3 aromatic rings.